The van der Waals surface area contributed by atoms with Gasteiger partial charge in [-0.25, -0.2) is 0 Å². The average Bonchev–Trinajstić information content (AvgIpc) is 2.17. The molecule has 14 heavy (non-hydrogen) atoms. The van der Waals surface area contributed by atoms with Crippen LogP contribution in [0, 0.1) is 18.3 Å². The van der Waals surface area contributed by atoms with E-state index in [0.29, 0.717) is 12.0 Å². The van der Waals surface area contributed by atoms with Crippen LogP contribution < -0.4 is 5.73 Å². The first-order chi connectivity index (χ1) is 6.69. The second-order valence-electron chi connectivity index (χ2n) is 3.30. The Hall–Kier alpha value is -1.37. The number of nitriles is 1. The lowest BCUT2D eigenvalue weighted by atomic mass is 9.98. The van der Waals surface area contributed by atoms with Gasteiger partial charge in [0.1, 0.15) is 0 Å². The molecule has 0 radical (unpaired) electrons. The smallest absolute Gasteiger partial charge is 0.0991 e. The minimum atomic E-state index is -0.146. The van der Waals surface area contributed by atoms with Gasteiger partial charge < -0.3 is 10.8 Å². The van der Waals surface area contributed by atoms with Gasteiger partial charge in [0.25, 0.3) is 0 Å². The maximum Gasteiger partial charge on any atom is 0.0991 e. The van der Waals surface area contributed by atoms with Gasteiger partial charge in [0, 0.05) is 12.6 Å². The molecule has 0 heterocycles. The fraction of sp³-hybridized carbons (Fsp3) is 0.364. The largest absolute Gasteiger partial charge is 0.396 e. The summed E-state index contributed by atoms with van der Waals surface area (Å²) in [7, 11) is 0. The van der Waals surface area contributed by atoms with E-state index in [1.54, 1.807) is 6.07 Å². The maximum atomic E-state index is 8.76. The summed E-state index contributed by atoms with van der Waals surface area (Å²) >= 11 is 0. The standard InChI is InChI=1S/C11H14N2O/c1-8-6-9(7-12)2-3-10(8)11(13)4-5-14/h2-3,6,11,14H,4-5,13H2,1H3. The van der Waals surface area contributed by atoms with E-state index in [-0.39, 0.29) is 12.6 Å². The summed E-state index contributed by atoms with van der Waals surface area (Å²) in [5.74, 6) is 0. The number of aryl methyl sites for hydroxylation is 1. The minimum absolute atomic E-state index is 0.0839. The lowest BCUT2D eigenvalue weighted by molar-refractivity contribution is 0.276. The molecular formula is C11H14N2O. The van der Waals surface area contributed by atoms with Crippen LogP contribution in [0.3, 0.4) is 0 Å². The van der Waals surface area contributed by atoms with E-state index in [4.69, 9.17) is 16.1 Å². The second-order valence-corrected chi connectivity index (χ2v) is 3.30. The van der Waals surface area contributed by atoms with E-state index in [0.717, 1.165) is 11.1 Å². The molecule has 0 aliphatic heterocycles. The van der Waals surface area contributed by atoms with Crippen molar-refractivity contribution in [1.82, 2.24) is 0 Å². The van der Waals surface area contributed by atoms with Crippen LogP contribution in [-0.2, 0) is 0 Å². The molecule has 0 bridgehead atoms. The average molecular weight is 190 g/mol. The zero-order valence-electron chi connectivity index (χ0n) is 8.20. The van der Waals surface area contributed by atoms with E-state index < -0.39 is 0 Å². The Bertz CT molecular complexity index is 355. The van der Waals surface area contributed by atoms with Crippen molar-refractivity contribution >= 4 is 0 Å². The zero-order chi connectivity index (χ0) is 10.6. The van der Waals surface area contributed by atoms with E-state index in [1.807, 2.05) is 19.1 Å². The van der Waals surface area contributed by atoms with Crippen molar-refractivity contribution in [2.75, 3.05) is 6.61 Å². The van der Waals surface area contributed by atoms with Crippen LogP contribution in [0.25, 0.3) is 0 Å². The molecule has 74 valence electrons. The lowest BCUT2D eigenvalue weighted by Gasteiger charge is -2.13. The van der Waals surface area contributed by atoms with Crippen molar-refractivity contribution in [2.24, 2.45) is 5.73 Å². The molecule has 0 fully saturated rings. The summed E-state index contributed by atoms with van der Waals surface area (Å²) in [6.45, 7) is 2.01. The number of benzene rings is 1. The van der Waals surface area contributed by atoms with Crippen LogP contribution in [0.2, 0.25) is 0 Å². The third kappa shape index (κ3) is 2.32. The lowest BCUT2D eigenvalue weighted by Crippen LogP contribution is -2.13. The number of rotatable bonds is 3. The third-order valence-electron chi connectivity index (χ3n) is 2.24. The predicted octanol–water partition coefficient (Wildman–Crippen LogP) is 1.25. The maximum absolute atomic E-state index is 8.76. The van der Waals surface area contributed by atoms with Crippen LogP contribution in [0.1, 0.15) is 29.2 Å². The first-order valence-corrected chi connectivity index (χ1v) is 4.56. The molecule has 0 saturated heterocycles. The van der Waals surface area contributed by atoms with Crippen molar-refractivity contribution < 1.29 is 5.11 Å². The van der Waals surface area contributed by atoms with E-state index >= 15 is 0 Å². The summed E-state index contributed by atoms with van der Waals surface area (Å²) in [6.07, 6.45) is 0.548. The first-order valence-electron chi connectivity index (χ1n) is 4.56. The highest BCUT2D eigenvalue weighted by Crippen LogP contribution is 2.19. The van der Waals surface area contributed by atoms with Crippen LogP contribution in [0.4, 0.5) is 0 Å². The van der Waals surface area contributed by atoms with E-state index in [1.165, 1.54) is 0 Å². The highest BCUT2D eigenvalue weighted by molar-refractivity contribution is 5.38. The SMILES string of the molecule is Cc1cc(C#N)ccc1C(N)CCO. The Labute approximate surface area is 83.8 Å². The van der Waals surface area contributed by atoms with Gasteiger partial charge in [-0.05, 0) is 36.6 Å². The summed E-state index contributed by atoms with van der Waals surface area (Å²) in [5, 5.41) is 17.4. The molecule has 0 amide bonds. The Morgan fingerprint density at radius 3 is 2.79 bits per heavy atom. The predicted molar refractivity (Wildman–Crippen MR) is 54.5 cm³/mol. The van der Waals surface area contributed by atoms with Gasteiger partial charge in [-0.2, -0.15) is 5.26 Å². The molecule has 1 aromatic carbocycles. The zero-order valence-corrected chi connectivity index (χ0v) is 8.20. The van der Waals surface area contributed by atoms with Crippen molar-refractivity contribution in [1.29, 1.82) is 5.26 Å². The minimum Gasteiger partial charge on any atom is -0.396 e. The summed E-state index contributed by atoms with van der Waals surface area (Å²) in [6, 6.07) is 7.35. The van der Waals surface area contributed by atoms with Crippen LogP contribution in [-0.4, -0.2) is 11.7 Å². The molecule has 1 aromatic rings. The van der Waals surface area contributed by atoms with Crippen molar-refractivity contribution in [2.45, 2.75) is 19.4 Å². The van der Waals surface area contributed by atoms with Gasteiger partial charge in [0.05, 0.1) is 11.6 Å². The monoisotopic (exact) mass is 190 g/mol. The number of nitrogens with two attached hydrogens (primary N) is 1. The van der Waals surface area contributed by atoms with Gasteiger partial charge in [-0.15, -0.1) is 0 Å². The Balaban J connectivity index is 2.95. The first kappa shape index (κ1) is 10.7. The molecule has 1 rings (SSSR count). The quantitative estimate of drug-likeness (QED) is 0.753. The Morgan fingerprint density at radius 2 is 2.29 bits per heavy atom. The fourth-order valence-electron chi connectivity index (χ4n) is 1.46. The van der Waals surface area contributed by atoms with Crippen LogP contribution >= 0.6 is 0 Å². The van der Waals surface area contributed by atoms with Gasteiger partial charge in [0.15, 0.2) is 0 Å². The second kappa shape index (κ2) is 4.75. The van der Waals surface area contributed by atoms with Crippen molar-refractivity contribution in [3.05, 3.63) is 34.9 Å². The number of hydrogen-bond donors (Lipinski definition) is 2. The number of hydrogen-bond acceptors (Lipinski definition) is 3. The van der Waals surface area contributed by atoms with Gasteiger partial charge >= 0.3 is 0 Å². The number of aliphatic hydroxyl groups is 1. The molecule has 0 saturated carbocycles. The van der Waals surface area contributed by atoms with Crippen molar-refractivity contribution in [3.63, 3.8) is 0 Å². The molecule has 0 aromatic heterocycles. The van der Waals surface area contributed by atoms with Crippen LogP contribution in [0.5, 0.6) is 0 Å². The Kier molecular flexibility index (Phi) is 3.63. The van der Waals surface area contributed by atoms with Crippen molar-refractivity contribution in [3.8, 4) is 6.07 Å². The molecule has 3 N–H and O–H groups in total. The Morgan fingerprint density at radius 1 is 1.57 bits per heavy atom. The molecule has 0 aliphatic carbocycles. The molecule has 1 unspecified atom stereocenters. The van der Waals surface area contributed by atoms with Gasteiger partial charge in [0.2, 0.25) is 0 Å². The third-order valence-corrected chi connectivity index (χ3v) is 2.24. The normalized spacial score (nSPS) is 12.1. The highest BCUT2D eigenvalue weighted by atomic mass is 16.3. The molecular weight excluding hydrogens is 176 g/mol. The summed E-state index contributed by atoms with van der Waals surface area (Å²) in [4.78, 5) is 0. The van der Waals surface area contributed by atoms with Gasteiger partial charge in [-0.1, -0.05) is 6.07 Å². The van der Waals surface area contributed by atoms with E-state index in [9.17, 15) is 0 Å². The topological polar surface area (TPSA) is 70.0 Å². The summed E-state index contributed by atoms with van der Waals surface area (Å²) < 4.78 is 0. The summed E-state index contributed by atoms with van der Waals surface area (Å²) in [5.41, 5.74) is 8.50. The number of nitrogens with zero attached hydrogens (tertiary/aromatic N) is 1. The van der Waals surface area contributed by atoms with Crippen LogP contribution in [0.15, 0.2) is 18.2 Å². The molecule has 0 aliphatic rings. The fourth-order valence-corrected chi connectivity index (χ4v) is 1.46. The van der Waals surface area contributed by atoms with Gasteiger partial charge in [-0.3, -0.25) is 0 Å². The molecule has 3 heteroatoms. The van der Waals surface area contributed by atoms with E-state index in [2.05, 4.69) is 6.07 Å². The highest BCUT2D eigenvalue weighted by Gasteiger charge is 2.08. The number of aliphatic hydroxyl groups excluding tert-OH is 1. The molecule has 3 nitrogen and oxygen atoms in total. The molecule has 0 spiro atoms. The molecule has 1 atom stereocenters.